The van der Waals surface area contributed by atoms with Gasteiger partial charge in [-0.05, 0) is 119 Å². The average molecular weight is 728 g/mol. The number of carbonyl (C=O) groups is 2. The average Bonchev–Trinajstić information content (AvgIpc) is 3.08. The predicted octanol–water partition coefficient (Wildman–Crippen LogP) is 6.67. The number of rotatable bonds is 6. The van der Waals surface area contributed by atoms with Crippen LogP contribution in [0.2, 0.25) is 5.02 Å². The van der Waals surface area contributed by atoms with Crippen LogP contribution in [0.3, 0.4) is 0 Å². The number of benzene rings is 2. The molecule has 5 rings (SSSR count). The summed E-state index contributed by atoms with van der Waals surface area (Å²) in [6.45, 7) is 7.84. The van der Waals surface area contributed by atoms with E-state index in [0.29, 0.717) is 43.4 Å². The highest BCUT2D eigenvalue weighted by Gasteiger charge is 2.48. The van der Waals surface area contributed by atoms with Crippen LogP contribution in [-0.2, 0) is 32.6 Å². The Balaban J connectivity index is 1.57. The van der Waals surface area contributed by atoms with Gasteiger partial charge in [-0.2, -0.15) is 0 Å². The molecule has 2 aliphatic heterocycles. The number of allylic oxidation sites excluding steroid dienone is 1. The van der Waals surface area contributed by atoms with Crippen LogP contribution in [0.25, 0.3) is 0 Å². The molecule has 1 fully saturated rings. The van der Waals surface area contributed by atoms with Crippen molar-refractivity contribution in [2.24, 2.45) is 23.7 Å². The first-order valence-corrected chi connectivity index (χ1v) is 19.9. The van der Waals surface area contributed by atoms with Gasteiger partial charge >= 0.3 is 0 Å². The maximum absolute atomic E-state index is 13.8. The number of hydrogen-bond acceptors (Lipinski definition) is 8. The molecule has 2 heterocycles. The minimum Gasteiger partial charge on any atom is -0.487 e. The van der Waals surface area contributed by atoms with Crippen LogP contribution in [0.1, 0.15) is 80.8 Å². The fraction of sp³-hybridized carbons (Fsp3) is 0.590. The van der Waals surface area contributed by atoms with Crippen LogP contribution in [-0.4, -0.2) is 76.7 Å². The number of ether oxygens (including phenoxy) is 2. The third-order valence-electron chi connectivity index (χ3n) is 11.2. The molecule has 3 aliphatic rings. The van der Waals surface area contributed by atoms with Crippen molar-refractivity contribution in [1.82, 2.24) is 9.62 Å². The predicted molar refractivity (Wildman–Crippen MR) is 199 cm³/mol. The first-order valence-electron chi connectivity index (χ1n) is 18.0. The molecular formula is C39H54ClN3O6S. The maximum Gasteiger partial charge on any atom is 0.264 e. The Kier molecular flexibility index (Phi) is 12.4. The van der Waals surface area contributed by atoms with Crippen molar-refractivity contribution in [3.63, 3.8) is 0 Å². The fourth-order valence-corrected chi connectivity index (χ4v) is 9.24. The number of sulfonamides is 1. The first kappa shape index (κ1) is 38.3. The Morgan fingerprint density at radius 1 is 1.14 bits per heavy atom. The summed E-state index contributed by atoms with van der Waals surface area (Å²) < 4.78 is 42.2. The molecule has 2 bridgehead atoms. The number of halogens is 1. The van der Waals surface area contributed by atoms with Crippen molar-refractivity contribution in [2.75, 3.05) is 45.7 Å². The minimum atomic E-state index is -4.00. The van der Waals surface area contributed by atoms with Crippen LogP contribution in [0, 0.1) is 23.7 Å². The molecule has 0 spiro atoms. The van der Waals surface area contributed by atoms with E-state index in [1.807, 2.05) is 63.2 Å². The van der Waals surface area contributed by atoms with Gasteiger partial charge in [0.2, 0.25) is 10.0 Å². The summed E-state index contributed by atoms with van der Waals surface area (Å²) in [7, 11) is 1.64. The maximum atomic E-state index is 13.8. The summed E-state index contributed by atoms with van der Waals surface area (Å²) in [5.41, 5.74) is 2.40. The monoisotopic (exact) mass is 727 g/mol. The number of ketones is 1. The van der Waals surface area contributed by atoms with E-state index in [1.54, 1.807) is 32.2 Å². The fourth-order valence-electron chi connectivity index (χ4n) is 7.76. The second kappa shape index (κ2) is 16.2. The van der Waals surface area contributed by atoms with E-state index in [0.717, 1.165) is 48.9 Å². The molecule has 0 saturated heterocycles. The Hall–Kier alpha value is -2.92. The second-order valence-electron chi connectivity index (χ2n) is 15.0. The molecule has 0 unspecified atom stereocenters. The molecule has 9 nitrogen and oxygen atoms in total. The van der Waals surface area contributed by atoms with Crippen molar-refractivity contribution < 1.29 is 27.5 Å². The zero-order valence-corrected chi connectivity index (χ0v) is 32.0. The molecule has 1 aliphatic carbocycles. The van der Waals surface area contributed by atoms with Gasteiger partial charge < -0.3 is 19.3 Å². The van der Waals surface area contributed by atoms with Crippen LogP contribution >= 0.6 is 11.6 Å². The number of nitrogens with one attached hydrogen (secondary N) is 1. The molecule has 11 heteroatoms. The van der Waals surface area contributed by atoms with Crippen LogP contribution < -0.4 is 14.4 Å². The molecule has 50 heavy (non-hydrogen) atoms. The van der Waals surface area contributed by atoms with Crippen molar-refractivity contribution in [3.8, 4) is 5.75 Å². The third kappa shape index (κ3) is 8.75. The molecule has 1 amide bonds. The van der Waals surface area contributed by atoms with Crippen LogP contribution in [0.4, 0.5) is 5.69 Å². The summed E-state index contributed by atoms with van der Waals surface area (Å²) >= 11 is 6.37. The van der Waals surface area contributed by atoms with Gasteiger partial charge in [0.25, 0.3) is 5.91 Å². The quantitative estimate of drug-likeness (QED) is 0.329. The molecule has 6 atom stereocenters. The molecule has 1 N–H and O–H groups in total. The van der Waals surface area contributed by atoms with Gasteiger partial charge in [-0.1, -0.05) is 43.7 Å². The van der Waals surface area contributed by atoms with E-state index >= 15 is 0 Å². The Labute approximate surface area is 303 Å². The summed E-state index contributed by atoms with van der Waals surface area (Å²) in [5, 5.41) is -0.145. The highest BCUT2D eigenvalue weighted by Crippen LogP contribution is 2.48. The third-order valence-corrected chi connectivity index (χ3v) is 13.3. The van der Waals surface area contributed by atoms with Gasteiger partial charge in [0.1, 0.15) is 18.1 Å². The lowest BCUT2D eigenvalue weighted by Crippen LogP contribution is -2.52. The van der Waals surface area contributed by atoms with Crippen molar-refractivity contribution >= 4 is 39.0 Å². The lowest BCUT2D eigenvalue weighted by atomic mass is 9.62. The van der Waals surface area contributed by atoms with Gasteiger partial charge in [0, 0.05) is 49.7 Å². The number of anilines is 1. The number of Topliss-reactive ketones (excluding diaryl/α,β-unsaturated/α-hetero) is 1. The van der Waals surface area contributed by atoms with E-state index < -0.39 is 26.8 Å². The molecule has 1 saturated carbocycles. The van der Waals surface area contributed by atoms with E-state index in [2.05, 4.69) is 9.62 Å². The lowest BCUT2D eigenvalue weighted by Gasteiger charge is -2.50. The number of aryl methyl sites for hydroxylation is 1. The summed E-state index contributed by atoms with van der Waals surface area (Å²) in [5.74, 6) is -0.0594. The first-order chi connectivity index (χ1) is 23.7. The molecular weight excluding hydrogens is 674 g/mol. The van der Waals surface area contributed by atoms with Gasteiger partial charge in [-0.15, -0.1) is 0 Å². The van der Waals surface area contributed by atoms with E-state index in [1.165, 1.54) is 0 Å². The number of hydrogen-bond donors (Lipinski definition) is 1. The number of methoxy groups -OCH3 is 1. The molecule has 274 valence electrons. The SMILES string of the molecule is CO[C@@]1(CC(=O)[C@@H](C)CN(C)C)/C=C/C[C@H](C)[C@@H](C)S(=O)(=O)NC(=O)c2ccc3c(c2)N(CCCCc2cc(Cl)ccc2CO3)C[C@@H]2CC[C@H]21. The Morgan fingerprint density at radius 2 is 1.92 bits per heavy atom. The smallest absolute Gasteiger partial charge is 0.264 e. The van der Waals surface area contributed by atoms with Crippen molar-refractivity contribution in [3.05, 3.63) is 70.3 Å². The van der Waals surface area contributed by atoms with Crippen LogP contribution in [0.5, 0.6) is 5.75 Å². The number of amides is 1. The normalized spacial score (nSPS) is 28.5. The van der Waals surface area contributed by atoms with E-state index in [4.69, 9.17) is 21.1 Å². The van der Waals surface area contributed by atoms with Crippen molar-refractivity contribution in [1.29, 1.82) is 0 Å². The summed E-state index contributed by atoms with van der Waals surface area (Å²) in [6.07, 6.45) is 9.30. The topological polar surface area (TPSA) is 105 Å². The largest absolute Gasteiger partial charge is 0.487 e. The molecule has 2 aromatic rings. The number of carbonyl (C=O) groups excluding carboxylic acids is 2. The van der Waals surface area contributed by atoms with Gasteiger partial charge in [-0.3, -0.25) is 9.59 Å². The highest BCUT2D eigenvalue weighted by molar-refractivity contribution is 7.90. The highest BCUT2D eigenvalue weighted by atomic mass is 35.5. The van der Waals surface area contributed by atoms with Gasteiger partial charge in [0.05, 0.1) is 16.5 Å². The van der Waals surface area contributed by atoms with Crippen molar-refractivity contribution in [2.45, 2.75) is 83.2 Å². The molecule has 0 radical (unpaired) electrons. The second-order valence-corrected chi connectivity index (χ2v) is 17.5. The molecule has 2 aromatic carbocycles. The van der Waals surface area contributed by atoms with E-state index in [9.17, 15) is 18.0 Å². The van der Waals surface area contributed by atoms with Crippen LogP contribution in [0.15, 0.2) is 48.6 Å². The zero-order valence-electron chi connectivity index (χ0n) is 30.4. The molecule has 0 aromatic heterocycles. The minimum absolute atomic E-state index is 0.0732. The van der Waals surface area contributed by atoms with Gasteiger partial charge in [0.15, 0.2) is 0 Å². The zero-order chi connectivity index (χ0) is 36.2. The van der Waals surface area contributed by atoms with E-state index in [-0.39, 0.29) is 41.4 Å². The summed E-state index contributed by atoms with van der Waals surface area (Å²) in [6, 6.07) is 11.1. The standard InChI is InChI=1S/C39H54ClN3O6S/c1-26-10-9-18-39(48-6,22-36(44)27(2)23-42(4)5)34-16-13-31(34)24-43-19-8-7-11-29-20-33(40)15-12-32(29)25-49-37-17-14-30(21-35(37)43)38(45)41-50(46,47)28(26)3/h9,12,14-15,17-18,20-21,26-28,31,34H,7-8,10-11,13,16,19,22-25H2,1-6H3,(H,41,45)/b18-9+/t26-,27-,28+,31-,34+,39+/m0/s1. The lowest BCUT2D eigenvalue weighted by molar-refractivity contribution is -0.134. The Morgan fingerprint density at radius 3 is 2.62 bits per heavy atom. The number of fused-ring (bicyclic) bond motifs is 3. The number of nitrogens with zero attached hydrogens (tertiary/aromatic N) is 2. The van der Waals surface area contributed by atoms with Gasteiger partial charge in [-0.25, -0.2) is 13.1 Å². The Bertz CT molecular complexity index is 1680. The summed E-state index contributed by atoms with van der Waals surface area (Å²) in [4.78, 5) is 31.6.